The van der Waals surface area contributed by atoms with E-state index in [0.717, 1.165) is 27.7 Å². The third-order valence-corrected chi connectivity index (χ3v) is 8.39. The van der Waals surface area contributed by atoms with Crippen LogP contribution in [0.15, 0.2) is 54.6 Å². The van der Waals surface area contributed by atoms with E-state index in [4.69, 9.17) is 23.7 Å². The van der Waals surface area contributed by atoms with Crippen LogP contribution in [0, 0.1) is 23.2 Å². The molecule has 0 spiro atoms. The molecule has 0 bridgehead atoms. The highest BCUT2D eigenvalue weighted by Gasteiger charge is 2.65. The zero-order valence-corrected chi connectivity index (χ0v) is 27.9. The number of ketones is 2. The molecule has 0 heterocycles. The molecule has 0 N–H and O–H groups in total. The van der Waals surface area contributed by atoms with Gasteiger partial charge in [-0.05, 0) is 31.9 Å². The smallest absolute Gasteiger partial charge is 0.338 e. The Morgan fingerprint density at radius 2 is 1.28 bits per heavy atom. The van der Waals surface area contributed by atoms with Crippen LogP contribution < -0.4 is 0 Å². The number of rotatable bonds is 6. The minimum absolute atomic E-state index is 0.153. The van der Waals surface area contributed by atoms with Crippen LogP contribution in [0.3, 0.4) is 0 Å². The molecule has 12 nitrogen and oxygen atoms in total. The normalized spacial score (nSPS) is 31.2. The maximum absolute atomic E-state index is 14.6. The summed E-state index contributed by atoms with van der Waals surface area (Å²) in [6, 6.07) is 8.02. The van der Waals surface area contributed by atoms with Crippen molar-refractivity contribution in [1.82, 2.24) is 0 Å². The number of allylic oxidation sites excluding steroid dienone is 2. The monoisotopic (exact) mass is 654 g/mol. The van der Waals surface area contributed by atoms with Crippen molar-refractivity contribution in [2.75, 3.05) is 0 Å². The van der Waals surface area contributed by atoms with Crippen molar-refractivity contribution in [2.45, 2.75) is 91.8 Å². The van der Waals surface area contributed by atoms with Crippen molar-refractivity contribution >= 4 is 41.4 Å². The third-order valence-electron chi connectivity index (χ3n) is 8.39. The quantitative estimate of drug-likeness (QED) is 0.247. The van der Waals surface area contributed by atoms with Gasteiger partial charge in [-0.25, -0.2) is 4.79 Å². The lowest BCUT2D eigenvalue weighted by Gasteiger charge is -2.42. The van der Waals surface area contributed by atoms with Gasteiger partial charge < -0.3 is 23.7 Å². The molecule has 12 heteroatoms. The third kappa shape index (κ3) is 8.04. The average molecular weight is 655 g/mol. The molecule has 1 fully saturated rings. The van der Waals surface area contributed by atoms with Crippen LogP contribution in [0.25, 0.3) is 0 Å². The molecule has 0 aliphatic heterocycles. The molecule has 0 radical (unpaired) electrons. The standard InChI is InChI=1S/C35H42O12/c1-18-15-16-34(8,9)32(41)30(45-23(6)38)29(44-22(5)37)20(3)28(43-21(4)36)26-27(46-33(42)25-13-11-10-12-14-25)19(2)17-35(26,31(18)40)47-24(7)39/h10-16,18-19,26-30H,3,17H2,1-2,4-9H3/b16-15+/t18-,19-,26+,27-,28-,29-,30+,35+/m0/s1. The summed E-state index contributed by atoms with van der Waals surface area (Å²) in [5.74, 6) is -8.71. The van der Waals surface area contributed by atoms with Gasteiger partial charge in [0.2, 0.25) is 6.10 Å². The minimum Gasteiger partial charge on any atom is -0.458 e. The Bertz CT molecular complexity index is 1470. The fraction of sp³-hybridized carbons (Fsp3) is 0.514. The Morgan fingerprint density at radius 1 is 0.745 bits per heavy atom. The lowest BCUT2D eigenvalue weighted by molar-refractivity contribution is -0.184. The predicted octanol–water partition coefficient (Wildman–Crippen LogP) is 3.89. The maximum Gasteiger partial charge on any atom is 0.338 e. The number of esters is 5. The second-order valence-corrected chi connectivity index (χ2v) is 12.7. The molecule has 1 saturated carbocycles. The van der Waals surface area contributed by atoms with E-state index >= 15 is 0 Å². The topological polar surface area (TPSA) is 166 Å². The molecule has 8 atom stereocenters. The van der Waals surface area contributed by atoms with Crippen molar-refractivity contribution in [1.29, 1.82) is 0 Å². The summed E-state index contributed by atoms with van der Waals surface area (Å²) in [5.41, 5.74) is -3.55. The molecular weight excluding hydrogens is 612 g/mol. The number of Topliss-reactive ketones (excluding diaryl/α,β-unsaturated/α-hetero) is 2. The number of carbonyl (C=O) groups is 7. The Morgan fingerprint density at radius 3 is 1.81 bits per heavy atom. The van der Waals surface area contributed by atoms with Crippen molar-refractivity contribution < 1.29 is 57.2 Å². The van der Waals surface area contributed by atoms with Gasteiger partial charge in [-0.3, -0.25) is 28.8 Å². The average Bonchev–Trinajstić information content (AvgIpc) is 3.25. The molecule has 3 rings (SSSR count). The fourth-order valence-corrected chi connectivity index (χ4v) is 6.37. The molecule has 1 aromatic rings. The largest absolute Gasteiger partial charge is 0.458 e. The van der Waals surface area contributed by atoms with Crippen LogP contribution in [0.4, 0.5) is 0 Å². The number of benzene rings is 1. The fourth-order valence-electron chi connectivity index (χ4n) is 6.37. The maximum atomic E-state index is 14.6. The highest BCUT2D eigenvalue weighted by atomic mass is 16.6. The highest BCUT2D eigenvalue weighted by Crippen LogP contribution is 2.51. The van der Waals surface area contributed by atoms with Gasteiger partial charge in [-0.1, -0.05) is 50.8 Å². The Hall–Kier alpha value is -4.61. The van der Waals surface area contributed by atoms with E-state index in [9.17, 15) is 33.6 Å². The molecule has 47 heavy (non-hydrogen) atoms. The SMILES string of the molecule is C=C1[C@H](OC(C)=O)[C@H]2[C@@H](OC(=O)c3ccccc3)[C@@H](C)C[C@]2(OC(C)=O)C(=O)[C@@H](C)/C=C/C(C)(C)C(=O)[C@H](OC(C)=O)[C@H]1OC(C)=O. The molecule has 2 aliphatic carbocycles. The van der Waals surface area contributed by atoms with E-state index in [1.54, 1.807) is 32.0 Å². The zero-order chi connectivity index (χ0) is 35.4. The molecule has 0 unspecified atom stereocenters. The minimum atomic E-state index is -2.06. The second kappa shape index (κ2) is 14.4. The van der Waals surface area contributed by atoms with E-state index < -0.39 is 94.6 Å². The van der Waals surface area contributed by atoms with Crippen LogP contribution >= 0.6 is 0 Å². The van der Waals surface area contributed by atoms with Gasteiger partial charge in [-0.15, -0.1) is 0 Å². The summed E-state index contributed by atoms with van der Waals surface area (Å²) in [7, 11) is 0. The molecule has 0 amide bonds. The first-order valence-corrected chi connectivity index (χ1v) is 15.3. The Balaban J connectivity index is 2.42. The van der Waals surface area contributed by atoms with Crippen LogP contribution in [-0.2, 0) is 52.5 Å². The van der Waals surface area contributed by atoms with E-state index in [-0.39, 0.29) is 17.6 Å². The lowest BCUT2D eigenvalue weighted by atomic mass is 9.72. The van der Waals surface area contributed by atoms with E-state index in [2.05, 4.69) is 6.58 Å². The summed E-state index contributed by atoms with van der Waals surface area (Å²) >= 11 is 0. The van der Waals surface area contributed by atoms with Gasteiger partial charge in [0, 0.05) is 51.0 Å². The zero-order valence-electron chi connectivity index (χ0n) is 27.9. The second-order valence-electron chi connectivity index (χ2n) is 12.7. The first-order chi connectivity index (χ1) is 21.8. The van der Waals surface area contributed by atoms with Gasteiger partial charge in [-0.2, -0.15) is 0 Å². The molecule has 0 saturated heterocycles. The van der Waals surface area contributed by atoms with Crippen LogP contribution in [-0.4, -0.2) is 71.4 Å². The van der Waals surface area contributed by atoms with Crippen molar-refractivity contribution in [3.63, 3.8) is 0 Å². The molecule has 1 aromatic carbocycles. The summed E-state index contributed by atoms with van der Waals surface area (Å²) in [6.45, 7) is 14.6. The van der Waals surface area contributed by atoms with Crippen molar-refractivity contribution in [3.8, 4) is 0 Å². The van der Waals surface area contributed by atoms with Gasteiger partial charge in [0.15, 0.2) is 23.3 Å². The van der Waals surface area contributed by atoms with Crippen LogP contribution in [0.1, 0.15) is 72.2 Å². The number of carbonyl (C=O) groups excluding carboxylic acids is 7. The van der Waals surface area contributed by atoms with E-state index in [0.29, 0.717) is 0 Å². The number of ether oxygens (including phenoxy) is 5. The van der Waals surface area contributed by atoms with Gasteiger partial charge >= 0.3 is 29.8 Å². The molecule has 254 valence electrons. The number of hydrogen-bond donors (Lipinski definition) is 0. The van der Waals surface area contributed by atoms with Gasteiger partial charge in [0.25, 0.3) is 0 Å². The summed E-state index contributed by atoms with van der Waals surface area (Å²) < 4.78 is 28.8. The van der Waals surface area contributed by atoms with Crippen molar-refractivity contribution in [3.05, 3.63) is 60.2 Å². The Labute approximate surface area is 273 Å². The summed E-state index contributed by atoms with van der Waals surface area (Å²) in [6.07, 6.45) is -3.69. The van der Waals surface area contributed by atoms with Crippen LogP contribution in [0.2, 0.25) is 0 Å². The Kier molecular flexibility index (Phi) is 11.3. The van der Waals surface area contributed by atoms with Crippen LogP contribution in [0.5, 0.6) is 0 Å². The predicted molar refractivity (Wildman–Crippen MR) is 165 cm³/mol. The molecule has 2 aliphatic rings. The first-order valence-electron chi connectivity index (χ1n) is 15.3. The van der Waals surface area contributed by atoms with Crippen molar-refractivity contribution in [2.24, 2.45) is 23.2 Å². The first kappa shape index (κ1) is 36.9. The number of fused-ring (bicyclic) bond motifs is 1. The number of hydrogen-bond acceptors (Lipinski definition) is 12. The molecule has 0 aromatic heterocycles. The lowest BCUT2D eigenvalue weighted by Crippen LogP contribution is -2.58. The van der Waals surface area contributed by atoms with E-state index in [1.165, 1.54) is 38.1 Å². The molecular formula is C35H42O12. The summed E-state index contributed by atoms with van der Waals surface area (Å²) in [5, 5.41) is 0. The van der Waals surface area contributed by atoms with Gasteiger partial charge in [0.05, 0.1) is 11.5 Å². The highest BCUT2D eigenvalue weighted by molar-refractivity contribution is 5.96. The van der Waals surface area contributed by atoms with E-state index in [1.807, 2.05) is 0 Å². The van der Waals surface area contributed by atoms with Gasteiger partial charge in [0.1, 0.15) is 12.2 Å². The summed E-state index contributed by atoms with van der Waals surface area (Å²) in [4.78, 5) is 92.4.